The number of nitrogens with one attached hydrogen (secondary N) is 2. The quantitative estimate of drug-likeness (QED) is 0.776. The summed E-state index contributed by atoms with van der Waals surface area (Å²) in [6, 6.07) is 11.2. The van der Waals surface area contributed by atoms with E-state index in [1.54, 1.807) is 24.3 Å². The third-order valence-corrected chi connectivity index (χ3v) is 3.90. The lowest BCUT2D eigenvalue weighted by molar-refractivity contribution is -0.121. The monoisotopic (exact) mass is 352 g/mol. The lowest BCUT2D eigenvalue weighted by Gasteiger charge is -2.19. The Bertz CT molecular complexity index is 906. The zero-order chi connectivity index (χ0) is 18.7. The Morgan fingerprint density at radius 3 is 2.50 bits per heavy atom. The molecule has 1 aliphatic rings. The van der Waals surface area contributed by atoms with E-state index < -0.39 is 11.9 Å². The van der Waals surface area contributed by atoms with Crippen molar-refractivity contribution in [2.24, 2.45) is 11.0 Å². The van der Waals surface area contributed by atoms with Crippen molar-refractivity contribution >= 4 is 29.2 Å². The number of carboxylic acids is 1. The molecule has 0 fully saturated rings. The number of aromatic nitrogens is 1. The van der Waals surface area contributed by atoms with E-state index in [1.165, 1.54) is 18.2 Å². The standard InChI is InChI=1S/C18H16N4O4/c1-10-9-15(23)21-22-16(10)11-5-7-12(8-6-11)19-17(24)13-3-2-4-14(20-13)18(25)26/h2-8,10H,9H2,1H3,(H,19,24)(H,21,23)(H,25,26). The summed E-state index contributed by atoms with van der Waals surface area (Å²) in [5.74, 6) is -1.80. The fourth-order valence-corrected chi connectivity index (χ4v) is 2.60. The second kappa shape index (κ2) is 7.14. The molecule has 1 unspecified atom stereocenters. The molecule has 0 radical (unpaired) electrons. The van der Waals surface area contributed by atoms with Crippen molar-refractivity contribution in [3.63, 3.8) is 0 Å². The van der Waals surface area contributed by atoms with Gasteiger partial charge in [0.05, 0.1) is 5.71 Å². The van der Waals surface area contributed by atoms with Crippen LogP contribution in [0.5, 0.6) is 0 Å². The summed E-state index contributed by atoms with van der Waals surface area (Å²) >= 11 is 0. The third-order valence-electron chi connectivity index (χ3n) is 3.90. The summed E-state index contributed by atoms with van der Waals surface area (Å²) in [7, 11) is 0. The van der Waals surface area contributed by atoms with E-state index in [-0.39, 0.29) is 23.2 Å². The Morgan fingerprint density at radius 2 is 1.85 bits per heavy atom. The van der Waals surface area contributed by atoms with E-state index in [2.05, 4.69) is 20.8 Å². The largest absolute Gasteiger partial charge is 0.477 e. The smallest absolute Gasteiger partial charge is 0.354 e. The Kier molecular flexibility index (Phi) is 4.74. The van der Waals surface area contributed by atoms with Gasteiger partial charge in [0, 0.05) is 18.0 Å². The number of aromatic carboxylic acids is 1. The number of pyridine rings is 1. The number of anilines is 1. The van der Waals surface area contributed by atoms with Gasteiger partial charge in [-0.3, -0.25) is 9.59 Å². The molecule has 3 rings (SSSR count). The zero-order valence-electron chi connectivity index (χ0n) is 13.9. The molecule has 3 N–H and O–H groups in total. The van der Waals surface area contributed by atoms with Crippen LogP contribution >= 0.6 is 0 Å². The van der Waals surface area contributed by atoms with Crippen LogP contribution in [0, 0.1) is 5.92 Å². The summed E-state index contributed by atoms with van der Waals surface area (Å²) < 4.78 is 0. The molecule has 0 spiro atoms. The van der Waals surface area contributed by atoms with Crippen molar-refractivity contribution in [1.82, 2.24) is 10.4 Å². The topological polar surface area (TPSA) is 121 Å². The zero-order valence-corrected chi connectivity index (χ0v) is 13.9. The van der Waals surface area contributed by atoms with E-state index in [0.717, 1.165) is 11.3 Å². The lowest BCUT2D eigenvalue weighted by Crippen LogP contribution is -2.31. The van der Waals surface area contributed by atoms with Crippen LogP contribution in [-0.2, 0) is 4.79 Å². The summed E-state index contributed by atoms with van der Waals surface area (Å²) in [5, 5.41) is 15.7. The summed E-state index contributed by atoms with van der Waals surface area (Å²) in [4.78, 5) is 38.3. The van der Waals surface area contributed by atoms with Gasteiger partial charge >= 0.3 is 5.97 Å². The highest BCUT2D eigenvalue weighted by Gasteiger charge is 2.21. The van der Waals surface area contributed by atoms with E-state index in [4.69, 9.17) is 5.11 Å². The maximum Gasteiger partial charge on any atom is 0.354 e. The van der Waals surface area contributed by atoms with Crippen LogP contribution in [-0.4, -0.2) is 33.6 Å². The molecule has 2 aromatic rings. The number of carbonyl (C=O) groups excluding carboxylic acids is 2. The summed E-state index contributed by atoms with van der Waals surface area (Å²) in [6.07, 6.45) is 0.378. The molecule has 0 saturated heterocycles. The van der Waals surface area contributed by atoms with Gasteiger partial charge in [-0.2, -0.15) is 5.10 Å². The first kappa shape index (κ1) is 17.3. The van der Waals surface area contributed by atoms with Gasteiger partial charge < -0.3 is 10.4 Å². The second-order valence-corrected chi connectivity index (χ2v) is 5.88. The molecule has 2 amide bonds. The molecule has 132 valence electrons. The van der Waals surface area contributed by atoms with Crippen molar-refractivity contribution in [2.75, 3.05) is 5.32 Å². The fraction of sp³-hybridized carbons (Fsp3) is 0.167. The average Bonchev–Trinajstić information content (AvgIpc) is 2.63. The van der Waals surface area contributed by atoms with Gasteiger partial charge in [-0.25, -0.2) is 15.2 Å². The highest BCUT2D eigenvalue weighted by molar-refractivity contribution is 6.07. The van der Waals surface area contributed by atoms with Crippen molar-refractivity contribution in [2.45, 2.75) is 13.3 Å². The Hall–Kier alpha value is -3.55. The normalized spacial score (nSPS) is 16.4. The van der Waals surface area contributed by atoms with Crippen LogP contribution in [0.2, 0.25) is 0 Å². The number of hydrazone groups is 1. The van der Waals surface area contributed by atoms with Gasteiger partial charge in [-0.15, -0.1) is 0 Å². The van der Waals surface area contributed by atoms with Gasteiger partial charge in [0.25, 0.3) is 5.91 Å². The number of nitrogens with zero attached hydrogens (tertiary/aromatic N) is 2. The number of amides is 2. The molecule has 1 atom stereocenters. The number of hydrogen-bond donors (Lipinski definition) is 3. The third kappa shape index (κ3) is 3.75. The van der Waals surface area contributed by atoms with Crippen molar-refractivity contribution in [3.8, 4) is 0 Å². The summed E-state index contributed by atoms with van der Waals surface area (Å²) in [5.41, 5.74) is 4.45. The SMILES string of the molecule is CC1CC(=O)NN=C1c1ccc(NC(=O)c2cccc(C(=O)O)n2)cc1. The van der Waals surface area contributed by atoms with Gasteiger partial charge in [0.1, 0.15) is 11.4 Å². The first-order chi connectivity index (χ1) is 12.4. The second-order valence-electron chi connectivity index (χ2n) is 5.88. The molecular weight excluding hydrogens is 336 g/mol. The number of carbonyl (C=O) groups is 3. The molecule has 1 aromatic carbocycles. The van der Waals surface area contributed by atoms with Crippen LogP contribution in [0.1, 0.15) is 39.9 Å². The number of benzene rings is 1. The van der Waals surface area contributed by atoms with Crippen LogP contribution < -0.4 is 10.7 Å². The average molecular weight is 352 g/mol. The molecule has 8 heteroatoms. The lowest BCUT2D eigenvalue weighted by atomic mass is 9.94. The molecule has 0 saturated carbocycles. The minimum absolute atomic E-state index is 0.00662. The van der Waals surface area contributed by atoms with Gasteiger partial charge in [0.15, 0.2) is 0 Å². The Balaban J connectivity index is 1.73. The van der Waals surface area contributed by atoms with E-state index in [1.807, 2.05) is 6.92 Å². The maximum atomic E-state index is 12.2. The van der Waals surface area contributed by atoms with Crippen molar-refractivity contribution in [1.29, 1.82) is 0 Å². The van der Waals surface area contributed by atoms with Gasteiger partial charge in [-0.1, -0.05) is 25.1 Å². The van der Waals surface area contributed by atoms with E-state index in [9.17, 15) is 14.4 Å². The molecule has 2 heterocycles. The van der Waals surface area contributed by atoms with Crippen LogP contribution in [0.3, 0.4) is 0 Å². The predicted molar refractivity (Wildman–Crippen MR) is 94.1 cm³/mol. The molecule has 0 aliphatic carbocycles. The minimum Gasteiger partial charge on any atom is -0.477 e. The maximum absolute atomic E-state index is 12.2. The van der Waals surface area contributed by atoms with Crippen molar-refractivity contribution in [3.05, 3.63) is 59.4 Å². The number of carboxylic acid groups (broad SMARTS) is 1. The molecule has 26 heavy (non-hydrogen) atoms. The molecular formula is C18H16N4O4. The van der Waals surface area contributed by atoms with Gasteiger partial charge in [-0.05, 0) is 29.8 Å². The van der Waals surface area contributed by atoms with Crippen LogP contribution in [0.15, 0.2) is 47.6 Å². The molecule has 8 nitrogen and oxygen atoms in total. The number of rotatable bonds is 4. The Labute approximate surface area is 149 Å². The first-order valence-corrected chi connectivity index (χ1v) is 7.92. The van der Waals surface area contributed by atoms with Crippen molar-refractivity contribution < 1.29 is 19.5 Å². The van der Waals surface area contributed by atoms with E-state index >= 15 is 0 Å². The van der Waals surface area contributed by atoms with Gasteiger partial charge in [0.2, 0.25) is 5.91 Å². The fourth-order valence-electron chi connectivity index (χ4n) is 2.60. The highest BCUT2D eigenvalue weighted by atomic mass is 16.4. The van der Waals surface area contributed by atoms with E-state index in [0.29, 0.717) is 12.1 Å². The highest BCUT2D eigenvalue weighted by Crippen LogP contribution is 2.18. The molecule has 1 aliphatic heterocycles. The molecule has 1 aromatic heterocycles. The first-order valence-electron chi connectivity index (χ1n) is 7.92. The minimum atomic E-state index is -1.20. The van der Waals surface area contributed by atoms with Crippen LogP contribution in [0.4, 0.5) is 5.69 Å². The Morgan fingerprint density at radius 1 is 1.15 bits per heavy atom. The number of hydrogen-bond acceptors (Lipinski definition) is 5. The summed E-state index contributed by atoms with van der Waals surface area (Å²) in [6.45, 7) is 1.92. The predicted octanol–water partition coefficient (Wildman–Crippen LogP) is 1.89. The molecule has 0 bridgehead atoms. The van der Waals surface area contributed by atoms with Crippen LogP contribution in [0.25, 0.3) is 0 Å².